The molecule has 20 heavy (non-hydrogen) atoms. The molecule has 1 aliphatic rings. The molecule has 5 nitrogen and oxygen atoms in total. The summed E-state index contributed by atoms with van der Waals surface area (Å²) in [4.78, 5) is 14.8. The minimum absolute atomic E-state index is 0.126. The van der Waals surface area contributed by atoms with E-state index in [0.29, 0.717) is 28.1 Å². The van der Waals surface area contributed by atoms with Gasteiger partial charge in [0, 0.05) is 30.6 Å². The SMILES string of the molecule is CCNC(=O)c1sc(N2CCSC(C)C2)c(OC)c1N. The topological polar surface area (TPSA) is 67.6 Å². The number of nitrogens with two attached hydrogens (primary N) is 1. The number of rotatable bonds is 4. The molecule has 0 bridgehead atoms. The summed E-state index contributed by atoms with van der Waals surface area (Å²) in [6, 6.07) is 0. The predicted octanol–water partition coefficient (Wildman–Crippen LogP) is 2.03. The third-order valence-electron chi connectivity index (χ3n) is 3.16. The molecular weight excluding hydrogens is 294 g/mol. The second-order valence-electron chi connectivity index (χ2n) is 4.67. The summed E-state index contributed by atoms with van der Waals surface area (Å²) in [7, 11) is 1.60. The average Bonchev–Trinajstić information content (AvgIpc) is 2.76. The Kier molecular flexibility index (Phi) is 5.04. The van der Waals surface area contributed by atoms with Gasteiger partial charge in [0.25, 0.3) is 5.91 Å². The highest BCUT2D eigenvalue weighted by molar-refractivity contribution is 8.00. The summed E-state index contributed by atoms with van der Waals surface area (Å²) < 4.78 is 5.43. The molecule has 1 unspecified atom stereocenters. The summed E-state index contributed by atoms with van der Waals surface area (Å²) in [5.41, 5.74) is 6.53. The van der Waals surface area contributed by atoms with E-state index < -0.39 is 0 Å². The van der Waals surface area contributed by atoms with E-state index in [1.807, 2.05) is 18.7 Å². The first-order chi connectivity index (χ1) is 9.58. The van der Waals surface area contributed by atoms with Gasteiger partial charge < -0.3 is 20.7 Å². The molecule has 1 saturated heterocycles. The van der Waals surface area contributed by atoms with Gasteiger partial charge in [-0.15, -0.1) is 11.3 Å². The van der Waals surface area contributed by atoms with Crippen LogP contribution in [0.25, 0.3) is 0 Å². The quantitative estimate of drug-likeness (QED) is 0.890. The van der Waals surface area contributed by atoms with Crippen molar-refractivity contribution in [2.45, 2.75) is 19.1 Å². The van der Waals surface area contributed by atoms with Crippen LogP contribution >= 0.6 is 23.1 Å². The number of thioether (sulfide) groups is 1. The molecule has 112 valence electrons. The minimum atomic E-state index is -0.126. The zero-order chi connectivity index (χ0) is 14.7. The highest BCUT2D eigenvalue weighted by Crippen LogP contribution is 2.45. The fraction of sp³-hybridized carbons (Fsp3) is 0.615. The van der Waals surface area contributed by atoms with E-state index >= 15 is 0 Å². The number of nitrogen functional groups attached to an aromatic ring is 1. The number of ether oxygens (including phenoxy) is 1. The van der Waals surface area contributed by atoms with Crippen LogP contribution in [0.5, 0.6) is 5.75 Å². The second kappa shape index (κ2) is 6.58. The normalized spacial score (nSPS) is 18.9. The number of methoxy groups -OCH3 is 1. The summed E-state index contributed by atoms with van der Waals surface area (Å²) in [5, 5.41) is 4.34. The maximum atomic E-state index is 12.0. The highest BCUT2D eigenvalue weighted by Gasteiger charge is 2.27. The lowest BCUT2D eigenvalue weighted by molar-refractivity contribution is 0.0960. The van der Waals surface area contributed by atoms with Crippen LogP contribution in [-0.2, 0) is 0 Å². The Morgan fingerprint density at radius 3 is 2.95 bits per heavy atom. The zero-order valence-corrected chi connectivity index (χ0v) is 13.7. The Morgan fingerprint density at radius 2 is 2.35 bits per heavy atom. The van der Waals surface area contributed by atoms with Crippen LogP contribution in [0, 0.1) is 0 Å². The Morgan fingerprint density at radius 1 is 1.60 bits per heavy atom. The van der Waals surface area contributed by atoms with Gasteiger partial charge in [-0.2, -0.15) is 11.8 Å². The second-order valence-corrected chi connectivity index (χ2v) is 7.22. The predicted molar refractivity (Wildman–Crippen MR) is 87.4 cm³/mol. The fourth-order valence-corrected chi connectivity index (χ4v) is 4.39. The zero-order valence-electron chi connectivity index (χ0n) is 12.1. The summed E-state index contributed by atoms with van der Waals surface area (Å²) in [6.07, 6.45) is 0. The molecule has 1 aliphatic heterocycles. The molecule has 0 aliphatic carbocycles. The first-order valence-corrected chi connectivity index (χ1v) is 8.56. The van der Waals surface area contributed by atoms with E-state index in [9.17, 15) is 4.79 Å². The number of hydrogen-bond donors (Lipinski definition) is 2. The molecule has 1 amide bonds. The van der Waals surface area contributed by atoms with E-state index in [4.69, 9.17) is 10.5 Å². The molecule has 2 heterocycles. The summed E-state index contributed by atoms with van der Waals surface area (Å²) in [5.74, 6) is 1.59. The van der Waals surface area contributed by atoms with Crippen LogP contribution in [-0.4, -0.2) is 43.7 Å². The number of thiophene rings is 1. The monoisotopic (exact) mass is 315 g/mol. The van der Waals surface area contributed by atoms with Gasteiger partial charge in [-0.3, -0.25) is 4.79 Å². The van der Waals surface area contributed by atoms with Crippen molar-refractivity contribution in [2.75, 3.05) is 43.1 Å². The van der Waals surface area contributed by atoms with E-state index in [0.717, 1.165) is 23.8 Å². The van der Waals surface area contributed by atoms with Gasteiger partial charge >= 0.3 is 0 Å². The third-order valence-corrected chi connectivity index (χ3v) is 5.54. The van der Waals surface area contributed by atoms with E-state index in [-0.39, 0.29) is 5.91 Å². The van der Waals surface area contributed by atoms with Crippen molar-refractivity contribution in [2.24, 2.45) is 0 Å². The van der Waals surface area contributed by atoms with Gasteiger partial charge in [0.1, 0.15) is 15.6 Å². The third kappa shape index (κ3) is 2.98. The van der Waals surface area contributed by atoms with Crippen molar-refractivity contribution in [3.8, 4) is 5.75 Å². The van der Waals surface area contributed by atoms with E-state index in [1.165, 1.54) is 11.3 Å². The van der Waals surface area contributed by atoms with Crippen LogP contribution in [0.15, 0.2) is 0 Å². The summed E-state index contributed by atoms with van der Waals surface area (Å²) >= 11 is 3.39. The standard InChI is InChI=1S/C13H21N3O2S2/c1-4-15-12(17)11-9(14)10(18-3)13(20-11)16-5-6-19-8(2)7-16/h8H,4-7,14H2,1-3H3,(H,15,17). The van der Waals surface area contributed by atoms with Crippen molar-refractivity contribution >= 4 is 39.7 Å². The van der Waals surface area contributed by atoms with Gasteiger partial charge in [-0.25, -0.2) is 0 Å². The molecule has 1 aromatic heterocycles. The van der Waals surface area contributed by atoms with Gasteiger partial charge in [-0.05, 0) is 6.92 Å². The molecule has 0 aromatic carbocycles. The van der Waals surface area contributed by atoms with Crippen molar-refractivity contribution in [3.63, 3.8) is 0 Å². The van der Waals surface area contributed by atoms with Crippen molar-refractivity contribution in [1.29, 1.82) is 0 Å². The first kappa shape index (κ1) is 15.3. The highest BCUT2D eigenvalue weighted by atomic mass is 32.2. The van der Waals surface area contributed by atoms with E-state index in [2.05, 4.69) is 17.1 Å². The number of carbonyl (C=O) groups excluding carboxylic acids is 1. The van der Waals surface area contributed by atoms with Crippen LogP contribution in [0.3, 0.4) is 0 Å². The Labute approximate surface area is 127 Å². The van der Waals surface area contributed by atoms with Gasteiger partial charge in [0.05, 0.1) is 7.11 Å². The molecule has 0 radical (unpaired) electrons. The number of amides is 1. The van der Waals surface area contributed by atoms with Gasteiger partial charge in [-0.1, -0.05) is 6.92 Å². The molecule has 0 spiro atoms. The largest absolute Gasteiger partial charge is 0.492 e. The Balaban J connectivity index is 2.32. The van der Waals surface area contributed by atoms with Crippen molar-refractivity contribution in [1.82, 2.24) is 5.32 Å². The molecule has 7 heteroatoms. The van der Waals surface area contributed by atoms with E-state index in [1.54, 1.807) is 7.11 Å². The number of nitrogens with one attached hydrogen (secondary N) is 1. The minimum Gasteiger partial charge on any atom is -0.492 e. The lowest BCUT2D eigenvalue weighted by Crippen LogP contribution is -2.36. The van der Waals surface area contributed by atoms with Crippen LogP contribution in [0.2, 0.25) is 0 Å². The lowest BCUT2D eigenvalue weighted by atomic mass is 10.3. The number of hydrogen-bond acceptors (Lipinski definition) is 6. The Hall–Kier alpha value is -1.08. The maximum absolute atomic E-state index is 12.0. The molecule has 2 rings (SSSR count). The van der Waals surface area contributed by atoms with Crippen LogP contribution in [0.4, 0.5) is 10.7 Å². The molecular formula is C13H21N3O2S2. The maximum Gasteiger partial charge on any atom is 0.263 e. The fourth-order valence-electron chi connectivity index (χ4n) is 2.23. The molecule has 3 N–H and O–H groups in total. The number of nitrogens with zero attached hydrogens (tertiary/aromatic N) is 1. The van der Waals surface area contributed by atoms with Crippen molar-refractivity contribution in [3.05, 3.63) is 4.88 Å². The molecule has 0 saturated carbocycles. The van der Waals surface area contributed by atoms with Crippen molar-refractivity contribution < 1.29 is 9.53 Å². The first-order valence-electron chi connectivity index (χ1n) is 6.69. The summed E-state index contributed by atoms with van der Waals surface area (Å²) in [6.45, 7) is 6.61. The van der Waals surface area contributed by atoms with Crippen LogP contribution < -0.4 is 20.7 Å². The number of anilines is 2. The number of carbonyl (C=O) groups is 1. The molecule has 1 atom stereocenters. The Bertz CT molecular complexity index is 490. The molecule has 1 fully saturated rings. The smallest absolute Gasteiger partial charge is 0.263 e. The average molecular weight is 315 g/mol. The van der Waals surface area contributed by atoms with Gasteiger partial charge in [0.2, 0.25) is 0 Å². The lowest BCUT2D eigenvalue weighted by Gasteiger charge is -2.31. The van der Waals surface area contributed by atoms with Gasteiger partial charge in [0.15, 0.2) is 5.75 Å². The van der Waals surface area contributed by atoms with Crippen LogP contribution in [0.1, 0.15) is 23.5 Å². The molecule has 1 aromatic rings.